The van der Waals surface area contributed by atoms with E-state index in [4.69, 9.17) is 0 Å². The Kier molecular flexibility index (Phi) is 5.09. The summed E-state index contributed by atoms with van der Waals surface area (Å²) < 4.78 is 0. The summed E-state index contributed by atoms with van der Waals surface area (Å²) in [6.45, 7) is 0.949. The van der Waals surface area contributed by atoms with Gasteiger partial charge in [-0.3, -0.25) is 4.98 Å². The molecular weight excluding hydrogens is 372 g/mol. The average molecular weight is 399 g/mol. The summed E-state index contributed by atoms with van der Waals surface area (Å²) in [5.41, 5.74) is 8.08. The first-order valence-electron chi connectivity index (χ1n) is 10.8. The van der Waals surface area contributed by atoms with E-state index in [0.29, 0.717) is 12.0 Å². The van der Waals surface area contributed by atoms with Gasteiger partial charge >= 0.3 is 5.97 Å². The van der Waals surface area contributed by atoms with Gasteiger partial charge in [-0.25, -0.2) is 4.79 Å². The van der Waals surface area contributed by atoms with Gasteiger partial charge in [-0.2, -0.15) is 0 Å². The lowest BCUT2D eigenvalue weighted by atomic mass is 9.87. The number of aryl methyl sites for hydroxylation is 1. The molecule has 4 heteroatoms. The standard InChI is InChI=1S/C26H26N2O2/c29-26(30)24-12-13-27-16-20(24)8-10-25-23-9-7-18(15-19(23)11-14-28-25)22-4-2-1-3-21(22)17-5-6-17/h1-4,7,9,12-13,15-17,25,28H,5-6,8,10-11,14H2,(H,29,30)/t25-/m0/s1. The number of carbonyl (C=O) groups is 1. The van der Waals surface area contributed by atoms with Crippen LogP contribution in [0.2, 0.25) is 0 Å². The van der Waals surface area contributed by atoms with Crippen molar-refractivity contribution in [2.24, 2.45) is 0 Å². The third-order valence-electron chi connectivity index (χ3n) is 6.43. The Balaban J connectivity index is 1.39. The molecule has 2 aromatic carbocycles. The van der Waals surface area contributed by atoms with Gasteiger partial charge in [-0.15, -0.1) is 0 Å². The van der Waals surface area contributed by atoms with Crippen molar-refractivity contribution in [3.63, 3.8) is 0 Å². The Labute approximate surface area is 177 Å². The predicted molar refractivity (Wildman–Crippen MR) is 118 cm³/mol. The maximum Gasteiger partial charge on any atom is 0.336 e. The molecule has 3 aromatic rings. The molecule has 30 heavy (non-hydrogen) atoms. The summed E-state index contributed by atoms with van der Waals surface area (Å²) in [5.74, 6) is -0.155. The van der Waals surface area contributed by atoms with Crippen molar-refractivity contribution in [2.75, 3.05) is 6.54 Å². The zero-order chi connectivity index (χ0) is 20.5. The molecule has 0 amide bonds. The van der Waals surface area contributed by atoms with Gasteiger partial charge in [0.1, 0.15) is 0 Å². The first-order chi connectivity index (χ1) is 14.7. The van der Waals surface area contributed by atoms with Gasteiger partial charge < -0.3 is 10.4 Å². The van der Waals surface area contributed by atoms with E-state index in [-0.39, 0.29) is 6.04 Å². The van der Waals surface area contributed by atoms with E-state index in [1.165, 1.54) is 40.7 Å². The molecular formula is C26H26N2O2. The summed E-state index contributed by atoms with van der Waals surface area (Å²) in [7, 11) is 0. The van der Waals surface area contributed by atoms with E-state index in [0.717, 1.165) is 30.9 Å². The van der Waals surface area contributed by atoms with E-state index in [1.54, 1.807) is 18.5 Å². The maximum absolute atomic E-state index is 11.5. The fraction of sp³-hybridized carbons (Fsp3) is 0.308. The molecule has 1 atom stereocenters. The molecule has 5 rings (SSSR count). The van der Waals surface area contributed by atoms with Crippen LogP contribution in [0, 0.1) is 0 Å². The number of pyridine rings is 1. The highest BCUT2D eigenvalue weighted by Crippen LogP contribution is 2.44. The maximum atomic E-state index is 11.5. The zero-order valence-corrected chi connectivity index (χ0v) is 17.0. The lowest BCUT2D eigenvalue weighted by Gasteiger charge is -2.28. The molecule has 2 N–H and O–H groups in total. The Morgan fingerprint density at radius 1 is 1.10 bits per heavy atom. The molecule has 0 saturated heterocycles. The lowest BCUT2D eigenvalue weighted by Crippen LogP contribution is -2.30. The van der Waals surface area contributed by atoms with Gasteiger partial charge in [0.05, 0.1) is 5.56 Å². The number of fused-ring (bicyclic) bond motifs is 1. The molecule has 0 radical (unpaired) electrons. The number of aromatic nitrogens is 1. The molecule has 0 bridgehead atoms. The average Bonchev–Trinajstić information content (AvgIpc) is 3.63. The fourth-order valence-corrected chi connectivity index (χ4v) is 4.72. The summed E-state index contributed by atoms with van der Waals surface area (Å²) >= 11 is 0. The number of hydrogen-bond donors (Lipinski definition) is 2. The van der Waals surface area contributed by atoms with Crippen LogP contribution in [0.15, 0.2) is 60.9 Å². The van der Waals surface area contributed by atoms with Crippen LogP contribution >= 0.6 is 0 Å². The summed E-state index contributed by atoms with van der Waals surface area (Å²) in [6.07, 6.45) is 8.42. The zero-order valence-electron chi connectivity index (χ0n) is 17.0. The first kappa shape index (κ1) is 19.0. The van der Waals surface area contributed by atoms with Gasteiger partial charge in [0.2, 0.25) is 0 Å². The predicted octanol–water partition coefficient (Wildman–Crippen LogP) is 5.14. The summed E-state index contributed by atoms with van der Waals surface area (Å²) in [6, 6.07) is 17.6. The molecule has 1 aliphatic heterocycles. The van der Waals surface area contributed by atoms with Gasteiger partial charge in [-0.1, -0.05) is 42.5 Å². The van der Waals surface area contributed by atoms with E-state index in [1.807, 2.05) is 0 Å². The van der Waals surface area contributed by atoms with Crippen molar-refractivity contribution in [1.82, 2.24) is 10.3 Å². The number of aromatic carboxylic acids is 1. The van der Waals surface area contributed by atoms with Crippen molar-refractivity contribution >= 4 is 5.97 Å². The molecule has 1 fully saturated rings. The molecule has 152 valence electrons. The molecule has 1 aromatic heterocycles. The van der Waals surface area contributed by atoms with Gasteiger partial charge in [0, 0.05) is 18.4 Å². The summed E-state index contributed by atoms with van der Waals surface area (Å²) in [4.78, 5) is 15.6. The van der Waals surface area contributed by atoms with E-state index >= 15 is 0 Å². The van der Waals surface area contributed by atoms with E-state index in [9.17, 15) is 9.90 Å². The van der Waals surface area contributed by atoms with E-state index < -0.39 is 5.97 Å². The number of rotatable bonds is 6. The van der Waals surface area contributed by atoms with Crippen LogP contribution in [0.1, 0.15) is 63.8 Å². The van der Waals surface area contributed by atoms with Gasteiger partial charge in [0.15, 0.2) is 0 Å². The first-order valence-corrected chi connectivity index (χ1v) is 10.8. The van der Waals surface area contributed by atoms with Gasteiger partial charge in [-0.05, 0) is 84.0 Å². The van der Waals surface area contributed by atoms with Crippen LogP contribution in [0.25, 0.3) is 11.1 Å². The smallest absolute Gasteiger partial charge is 0.336 e. The minimum atomic E-state index is -0.886. The minimum absolute atomic E-state index is 0.239. The minimum Gasteiger partial charge on any atom is -0.478 e. The molecule has 1 aliphatic carbocycles. The number of carboxylic acids is 1. The third-order valence-corrected chi connectivity index (χ3v) is 6.43. The monoisotopic (exact) mass is 398 g/mol. The highest BCUT2D eigenvalue weighted by molar-refractivity contribution is 5.89. The fourth-order valence-electron chi connectivity index (χ4n) is 4.72. The second-order valence-corrected chi connectivity index (χ2v) is 8.41. The highest BCUT2D eigenvalue weighted by atomic mass is 16.4. The second-order valence-electron chi connectivity index (χ2n) is 8.41. The van der Waals surface area contributed by atoms with Crippen molar-refractivity contribution < 1.29 is 9.90 Å². The quantitative estimate of drug-likeness (QED) is 0.603. The largest absolute Gasteiger partial charge is 0.478 e. The van der Waals surface area contributed by atoms with Crippen molar-refractivity contribution in [1.29, 1.82) is 0 Å². The van der Waals surface area contributed by atoms with Crippen molar-refractivity contribution in [3.05, 3.63) is 88.7 Å². The molecule has 0 spiro atoms. The number of nitrogens with zero attached hydrogens (tertiary/aromatic N) is 1. The van der Waals surface area contributed by atoms with Crippen LogP contribution in [-0.2, 0) is 12.8 Å². The molecule has 0 unspecified atom stereocenters. The Morgan fingerprint density at radius 2 is 1.97 bits per heavy atom. The van der Waals surface area contributed by atoms with Crippen LogP contribution in [-0.4, -0.2) is 22.6 Å². The van der Waals surface area contributed by atoms with Crippen molar-refractivity contribution in [3.8, 4) is 11.1 Å². The lowest BCUT2D eigenvalue weighted by molar-refractivity contribution is 0.0695. The van der Waals surface area contributed by atoms with Crippen LogP contribution in [0.3, 0.4) is 0 Å². The Morgan fingerprint density at radius 3 is 2.80 bits per heavy atom. The van der Waals surface area contributed by atoms with Crippen LogP contribution in [0.4, 0.5) is 0 Å². The molecule has 1 saturated carbocycles. The topological polar surface area (TPSA) is 62.2 Å². The second kappa shape index (κ2) is 8.04. The Bertz CT molecular complexity index is 1090. The van der Waals surface area contributed by atoms with Crippen molar-refractivity contribution in [2.45, 2.75) is 44.1 Å². The molecule has 4 nitrogen and oxygen atoms in total. The summed E-state index contributed by atoms with van der Waals surface area (Å²) in [5, 5.41) is 13.0. The van der Waals surface area contributed by atoms with Crippen LogP contribution < -0.4 is 5.32 Å². The molecule has 2 aliphatic rings. The SMILES string of the molecule is O=C(O)c1ccncc1CC[C@@H]1NCCc2cc(-c3ccccc3C3CC3)ccc21. The number of hydrogen-bond acceptors (Lipinski definition) is 3. The number of benzene rings is 2. The number of carboxylic acid groups (broad SMARTS) is 1. The molecule has 2 heterocycles. The highest BCUT2D eigenvalue weighted by Gasteiger charge is 2.27. The van der Waals surface area contributed by atoms with E-state index in [2.05, 4.69) is 52.8 Å². The Hall–Kier alpha value is -2.98. The number of nitrogens with one attached hydrogen (secondary N) is 1. The normalized spacial score (nSPS) is 18.1. The third kappa shape index (κ3) is 3.75. The van der Waals surface area contributed by atoms with Crippen LogP contribution in [0.5, 0.6) is 0 Å². The van der Waals surface area contributed by atoms with Gasteiger partial charge in [0.25, 0.3) is 0 Å².